The van der Waals surface area contributed by atoms with Crippen molar-refractivity contribution < 1.29 is 27.8 Å². The van der Waals surface area contributed by atoms with Crippen molar-refractivity contribution >= 4 is 15.9 Å². The maximum absolute atomic E-state index is 13.8. The van der Waals surface area contributed by atoms with Crippen LogP contribution in [0.2, 0.25) is 0 Å². The van der Waals surface area contributed by atoms with Crippen molar-refractivity contribution in [3.8, 4) is 5.75 Å². The van der Waals surface area contributed by atoms with Gasteiger partial charge in [-0.25, -0.2) is 13.1 Å². The molecule has 41 heavy (non-hydrogen) atoms. The van der Waals surface area contributed by atoms with Gasteiger partial charge in [-0.05, 0) is 89.6 Å². The Kier molecular flexibility index (Phi) is 10.1. The van der Waals surface area contributed by atoms with Gasteiger partial charge in [0.05, 0.1) is 23.1 Å². The van der Waals surface area contributed by atoms with Crippen LogP contribution in [0.25, 0.3) is 0 Å². The summed E-state index contributed by atoms with van der Waals surface area (Å²) >= 11 is 0. The van der Waals surface area contributed by atoms with Gasteiger partial charge in [0.15, 0.2) is 0 Å². The smallest absolute Gasteiger partial charge is 0.240 e. The number of rotatable bonds is 9. The topological polar surface area (TPSA) is 108 Å². The number of piperazine rings is 1. The molecule has 1 aliphatic carbocycles. The lowest BCUT2D eigenvalue weighted by Gasteiger charge is -2.45. The van der Waals surface area contributed by atoms with Crippen molar-refractivity contribution in [2.45, 2.75) is 89.3 Å². The van der Waals surface area contributed by atoms with Gasteiger partial charge < -0.3 is 19.5 Å². The highest BCUT2D eigenvalue weighted by molar-refractivity contribution is 7.89. The van der Waals surface area contributed by atoms with Gasteiger partial charge in [-0.15, -0.1) is 0 Å². The van der Waals surface area contributed by atoms with E-state index in [0.717, 1.165) is 11.1 Å². The van der Waals surface area contributed by atoms with E-state index in [4.69, 9.17) is 9.47 Å². The molecule has 2 atom stereocenters. The van der Waals surface area contributed by atoms with Crippen molar-refractivity contribution in [1.82, 2.24) is 14.5 Å². The molecule has 0 bridgehead atoms. The lowest BCUT2D eigenvalue weighted by molar-refractivity contribution is -0.247. The van der Waals surface area contributed by atoms with Gasteiger partial charge in [-0.2, -0.15) is 0 Å². The Hall–Kier alpha value is -2.50. The summed E-state index contributed by atoms with van der Waals surface area (Å²) in [6.07, 6.45) is 1.37. The van der Waals surface area contributed by atoms with Crippen LogP contribution in [0.3, 0.4) is 0 Å². The molecule has 2 fully saturated rings. The quantitative estimate of drug-likeness (QED) is 0.423. The number of ether oxygens (including phenoxy) is 2. The van der Waals surface area contributed by atoms with Crippen LogP contribution in [0.1, 0.15) is 70.5 Å². The van der Waals surface area contributed by atoms with Crippen molar-refractivity contribution in [3.05, 3.63) is 59.7 Å². The van der Waals surface area contributed by atoms with Gasteiger partial charge in [0.25, 0.3) is 0 Å². The number of sulfonamides is 1. The number of aliphatic hydroxyl groups is 1. The molecule has 226 valence electrons. The number of carbonyl (C=O) groups excluding carboxylic acids is 1. The Bertz CT molecular complexity index is 1270. The average Bonchev–Trinajstić information content (AvgIpc) is 2.93. The molecule has 10 heteroatoms. The van der Waals surface area contributed by atoms with E-state index in [1.807, 2.05) is 74.8 Å². The number of hydrogen-bond donors (Lipinski definition) is 2. The molecule has 4 rings (SSSR count). The lowest BCUT2D eigenvalue weighted by Crippen LogP contribution is -2.56. The summed E-state index contributed by atoms with van der Waals surface area (Å²) in [5.41, 5.74) is 1.29. The molecule has 0 spiro atoms. The predicted molar refractivity (Wildman–Crippen MR) is 158 cm³/mol. The summed E-state index contributed by atoms with van der Waals surface area (Å²) in [4.78, 5) is 17.9. The third kappa shape index (κ3) is 8.08. The first-order valence-electron chi connectivity index (χ1n) is 14.6. The number of benzene rings is 2. The van der Waals surface area contributed by atoms with Crippen molar-refractivity contribution in [2.75, 3.05) is 26.2 Å². The fraction of sp³-hybridized carbons (Fsp3) is 0.581. The largest absolute Gasteiger partial charge is 0.494 e. The number of aliphatic hydroxyl groups excluding tert-OH is 1. The fourth-order valence-electron chi connectivity index (χ4n) is 5.71. The first-order chi connectivity index (χ1) is 19.4. The molecule has 0 aromatic heterocycles. The number of hydrogen-bond acceptors (Lipinski definition) is 7. The molecule has 1 aliphatic heterocycles. The van der Waals surface area contributed by atoms with E-state index in [2.05, 4.69) is 4.72 Å². The van der Waals surface area contributed by atoms with E-state index >= 15 is 0 Å². The Morgan fingerprint density at radius 1 is 1.07 bits per heavy atom. The molecule has 1 saturated carbocycles. The van der Waals surface area contributed by atoms with Crippen molar-refractivity contribution in [2.24, 2.45) is 5.92 Å². The van der Waals surface area contributed by atoms with Crippen LogP contribution in [0.15, 0.2) is 53.4 Å². The van der Waals surface area contributed by atoms with E-state index < -0.39 is 22.0 Å². The number of carbonyl (C=O) groups is 1. The lowest BCUT2D eigenvalue weighted by atomic mass is 9.85. The van der Waals surface area contributed by atoms with Gasteiger partial charge in [-0.3, -0.25) is 9.69 Å². The molecule has 2 aromatic rings. The number of aryl methyl sites for hydroxylation is 1. The summed E-state index contributed by atoms with van der Waals surface area (Å²) in [6, 6.07) is 14.4. The van der Waals surface area contributed by atoms with Crippen LogP contribution < -0.4 is 9.46 Å². The summed E-state index contributed by atoms with van der Waals surface area (Å²) in [7, 11) is -3.69. The van der Waals surface area contributed by atoms with Gasteiger partial charge >= 0.3 is 0 Å². The van der Waals surface area contributed by atoms with E-state index in [1.165, 1.54) is 0 Å². The van der Waals surface area contributed by atoms with Gasteiger partial charge in [0, 0.05) is 31.6 Å². The summed E-state index contributed by atoms with van der Waals surface area (Å²) in [5.74, 6) is 0.599. The molecule has 1 saturated heterocycles. The zero-order valence-corrected chi connectivity index (χ0v) is 25.7. The minimum atomic E-state index is -3.69. The van der Waals surface area contributed by atoms with Crippen molar-refractivity contribution in [1.29, 1.82) is 0 Å². The highest BCUT2D eigenvalue weighted by Crippen LogP contribution is 2.33. The molecule has 9 nitrogen and oxygen atoms in total. The van der Waals surface area contributed by atoms with Gasteiger partial charge in [-0.1, -0.05) is 30.3 Å². The summed E-state index contributed by atoms with van der Waals surface area (Å²) < 4.78 is 40.4. The molecule has 1 amide bonds. The third-order valence-corrected chi connectivity index (χ3v) is 9.32. The molecule has 1 heterocycles. The Labute approximate surface area is 244 Å². The highest BCUT2D eigenvalue weighted by atomic mass is 32.2. The SMILES string of the molecule is CCOc1ccc(S(=O)(=O)NC2CCC(C(=O)N3CCN(C(O)OC(C)(C)C)CC3c3ccccc3)CC2)cc1C. The molecular weight excluding hydrogens is 542 g/mol. The second-order valence-corrected chi connectivity index (χ2v) is 13.8. The normalized spacial score (nSPS) is 23.3. The van der Waals surface area contributed by atoms with E-state index in [-0.39, 0.29) is 28.8 Å². The van der Waals surface area contributed by atoms with Crippen LogP contribution in [0.5, 0.6) is 5.75 Å². The Morgan fingerprint density at radius 3 is 2.37 bits per heavy atom. The van der Waals surface area contributed by atoms with E-state index in [0.29, 0.717) is 57.7 Å². The van der Waals surface area contributed by atoms with Crippen LogP contribution in [-0.4, -0.2) is 73.5 Å². The number of nitrogens with one attached hydrogen (secondary N) is 1. The average molecular weight is 588 g/mol. The molecule has 2 N–H and O–H groups in total. The Morgan fingerprint density at radius 2 is 1.76 bits per heavy atom. The van der Waals surface area contributed by atoms with Gasteiger partial charge in [0.2, 0.25) is 22.3 Å². The highest BCUT2D eigenvalue weighted by Gasteiger charge is 2.39. The van der Waals surface area contributed by atoms with Crippen LogP contribution >= 0.6 is 0 Å². The Balaban J connectivity index is 1.39. The molecular formula is C31H45N3O6S. The number of nitrogens with zero attached hydrogens (tertiary/aromatic N) is 2. The fourth-order valence-corrected chi connectivity index (χ4v) is 7.10. The third-order valence-electron chi connectivity index (χ3n) is 7.81. The molecule has 0 radical (unpaired) electrons. The molecule has 2 unspecified atom stereocenters. The van der Waals surface area contributed by atoms with Crippen molar-refractivity contribution in [3.63, 3.8) is 0 Å². The predicted octanol–water partition coefficient (Wildman–Crippen LogP) is 4.21. The standard InChI is InChI=1S/C31H45N3O6S/c1-6-39-28-17-16-26(20-22(28)2)41(37,38)32-25-14-12-24(13-15-25)29(35)34-19-18-33(30(36)40-31(3,4)5)21-27(34)23-10-8-7-9-11-23/h7-11,16-17,20,24-25,27,30,32,36H,6,12-15,18-19,21H2,1-5H3. The summed E-state index contributed by atoms with van der Waals surface area (Å²) in [5, 5.41) is 10.7. The summed E-state index contributed by atoms with van der Waals surface area (Å²) in [6.45, 7) is 11.4. The minimum Gasteiger partial charge on any atom is -0.494 e. The molecule has 2 aromatic carbocycles. The number of amides is 1. The maximum Gasteiger partial charge on any atom is 0.240 e. The first-order valence-corrected chi connectivity index (χ1v) is 16.1. The first kappa shape index (κ1) is 31.4. The zero-order chi connectivity index (χ0) is 29.8. The zero-order valence-electron chi connectivity index (χ0n) is 24.9. The van der Waals surface area contributed by atoms with Crippen LogP contribution in [0.4, 0.5) is 0 Å². The van der Waals surface area contributed by atoms with Crippen LogP contribution in [-0.2, 0) is 19.6 Å². The van der Waals surface area contributed by atoms with Crippen LogP contribution in [0, 0.1) is 12.8 Å². The second kappa shape index (κ2) is 13.2. The molecule has 2 aliphatic rings. The van der Waals surface area contributed by atoms with Gasteiger partial charge in [0.1, 0.15) is 5.75 Å². The second-order valence-electron chi connectivity index (χ2n) is 12.0. The monoisotopic (exact) mass is 587 g/mol. The minimum absolute atomic E-state index is 0.0909. The van der Waals surface area contributed by atoms with E-state index in [9.17, 15) is 18.3 Å². The maximum atomic E-state index is 13.8. The van der Waals surface area contributed by atoms with E-state index in [1.54, 1.807) is 18.2 Å².